The normalized spacial score (nSPS) is 16.0. The average molecular weight is 479 g/mol. The Bertz CT molecular complexity index is 1070. The second kappa shape index (κ2) is 13.1. The van der Waals surface area contributed by atoms with Gasteiger partial charge in [-0.1, -0.05) is 24.3 Å². The van der Waals surface area contributed by atoms with Gasteiger partial charge in [0.2, 0.25) is 6.41 Å². The van der Waals surface area contributed by atoms with Crippen molar-refractivity contribution in [3.05, 3.63) is 54.7 Å². The minimum atomic E-state index is 0.108. The summed E-state index contributed by atoms with van der Waals surface area (Å²) < 4.78 is 16.9. The van der Waals surface area contributed by atoms with Crippen LogP contribution in [0.25, 0.3) is 22.0 Å². The monoisotopic (exact) mass is 478 g/mol. The summed E-state index contributed by atoms with van der Waals surface area (Å²) in [7, 11) is 1.70. The summed E-state index contributed by atoms with van der Waals surface area (Å²) in [5.41, 5.74) is 3.09. The van der Waals surface area contributed by atoms with Crippen LogP contribution in [0.2, 0.25) is 0 Å². The van der Waals surface area contributed by atoms with Crippen molar-refractivity contribution < 1.29 is 19.0 Å². The zero-order valence-electron chi connectivity index (χ0n) is 21.6. The van der Waals surface area contributed by atoms with E-state index in [-0.39, 0.29) is 12.2 Å². The molecule has 1 atom stereocenters. The van der Waals surface area contributed by atoms with E-state index in [0.717, 1.165) is 72.3 Å². The standard InChI is InChI=1S/C25H28N2O3.C4H10O/c1-18(2)29-21-10-8-19(9-11-21)22-6-3-7-23-24(12-14-26-25(22)23)30-20-5-4-15-27(17-28)16-13-20;1-4(2)5-3/h3,6-12,14,17-18,20H,4-5,13,15-16H2,1-2H3;4H,1-3H3. The van der Waals surface area contributed by atoms with Crippen molar-refractivity contribution in [1.29, 1.82) is 0 Å². The first-order valence-corrected chi connectivity index (χ1v) is 12.4. The van der Waals surface area contributed by atoms with E-state index in [9.17, 15) is 4.79 Å². The number of ether oxygens (including phenoxy) is 3. The molecule has 0 bridgehead atoms. The van der Waals surface area contributed by atoms with E-state index < -0.39 is 0 Å². The number of methoxy groups -OCH3 is 1. The highest BCUT2D eigenvalue weighted by Crippen LogP contribution is 2.34. The highest BCUT2D eigenvalue weighted by atomic mass is 16.5. The maximum absolute atomic E-state index is 11.1. The van der Waals surface area contributed by atoms with Gasteiger partial charge in [-0.05, 0) is 70.4 Å². The molecule has 1 aromatic heterocycles. The van der Waals surface area contributed by atoms with E-state index in [1.54, 1.807) is 7.11 Å². The average Bonchev–Trinajstić information content (AvgIpc) is 3.09. The molecule has 4 rings (SSSR count). The van der Waals surface area contributed by atoms with Crippen LogP contribution < -0.4 is 9.47 Å². The molecule has 1 aliphatic heterocycles. The van der Waals surface area contributed by atoms with Crippen LogP contribution in [0.15, 0.2) is 54.7 Å². The second-order valence-corrected chi connectivity index (χ2v) is 9.30. The maximum Gasteiger partial charge on any atom is 0.209 e. The van der Waals surface area contributed by atoms with Crippen molar-refractivity contribution in [2.24, 2.45) is 0 Å². The van der Waals surface area contributed by atoms with Gasteiger partial charge >= 0.3 is 0 Å². The number of amides is 1. The first-order chi connectivity index (χ1) is 16.9. The number of likely N-dealkylation sites (tertiary alicyclic amines) is 1. The quantitative estimate of drug-likeness (QED) is 0.383. The third kappa shape index (κ3) is 7.69. The van der Waals surface area contributed by atoms with Crippen LogP contribution in [-0.4, -0.2) is 54.8 Å². The van der Waals surface area contributed by atoms with Gasteiger partial charge in [0.05, 0.1) is 17.7 Å². The zero-order valence-corrected chi connectivity index (χ0v) is 21.6. The summed E-state index contributed by atoms with van der Waals surface area (Å²) in [6, 6.07) is 16.3. The molecule has 6 heteroatoms. The van der Waals surface area contributed by atoms with Crippen molar-refractivity contribution in [2.45, 2.75) is 65.3 Å². The molecule has 0 spiro atoms. The molecule has 188 valence electrons. The predicted octanol–water partition coefficient (Wildman–Crippen LogP) is 6.12. The highest BCUT2D eigenvalue weighted by molar-refractivity contribution is 5.96. The molecular weight excluding hydrogens is 440 g/mol. The third-order valence-corrected chi connectivity index (χ3v) is 5.89. The van der Waals surface area contributed by atoms with Crippen molar-refractivity contribution in [1.82, 2.24) is 9.88 Å². The molecule has 6 nitrogen and oxygen atoms in total. The molecule has 1 amide bonds. The summed E-state index contributed by atoms with van der Waals surface area (Å²) in [5.74, 6) is 1.72. The molecule has 1 fully saturated rings. The number of aromatic nitrogens is 1. The summed E-state index contributed by atoms with van der Waals surface area (Å²) in [6.07, 6.45) is 6.15. The Morgan fingerprint density at radius 1 is 0.971 bits per heavy atom. The molecule has 1 saturated heterocycles. The lowest BCUT2D eigenvalue weighted by molar-refractivity contribution is -0.118. The Morgan fingerprint density at radius 2 is 1.71 bits per heavy atom. The number of para-hydroxylation sites is 1. The number of benzene rings is 2. The fraction of sp³-hybridized carbons (Fsp3) is 0.448. The first kappa shape index (κ1) is 26.5. The summed E-state index contributed by atoms with van der Waals surface area (Å²) >= 11 is 0. The van der Waals surface area contributed by atoms with Gasteiger partial charge in [-0.15, -0.1) is 0 Å². The molecule has 0 aliphatic carbocycles. The molecule has 1 aliphatic rings. The van der Waals surface area contributed by atoms with Gasteiger partial charge in [-0.3, -0.25) is 9.78 Å². The van der Waals surface area contributed by atoms with E-state index in [1.165, 1.54) is 0 Å². The fourth-order valence-corrected chi connectivity index (χ4v) is 3.96. The summed E-state index contributed by atoms with van der Waals surface area (Å²) in [4.78, 5) is 17.6. The number of carbonyl (C=O) groups is 1. The number of rotatable bonds is 7. The Hall–Kier alpha value is -3.12. The van der Waals surface area contributed by atoms with Gasteiger partial charge in [-0.2, -0.15) is 0 Å². The number of hydrogen-bond donors (Lipinski definition) is 0. The molecule has 1 unspecified atom stereocenters. The topological polar surface area (TPSA) is 60.9 Å². The van der Waals surface area contributed by atoms with E-state index in [2.05, 4.69) is 29.2 Å². The zero-order chi connectivity index (χ0) is 25.2. The number of pyridine rings is 1. The van der Waals surface area contributed by atoms with E-state index in [0.29, 0.717) is 6.10 Å². The van der Waals surface area contributed by atoms with Gasteiger partial charge in [-0.25, -0.2) is 0 Å². The van der Waals surface area contributed by atoms with Gasteiger partial charge in [0.15, 0.2) is 0 Å². The summed E-state index contributed by atoms with van der Waals surface area (Å²) in [6.45, 7) is 9.60. The van der Waals surface area contributed by atoms with Crippen molar-refractivity contribution >= 4 is 17.3 Å². The van der Waals surface area contributed by atoms with Crippen LogP contribution in [0.1, 0.15) is 47.0 Å². The van der Waals surface area contributed by atoms with Crippen LogP contribution in [0.3, 0.4) is 0 Å². The Balaban J connectivity index is 0.000000623. The van der Waals surface area contributed by atoms with Crippen LogP contribution in [0.5, 0.6) is 11.5 Å². The van der Waals surface area contributed by atoms with Gasteiger partial charge < -0.3 is 19.1 Å². The lowest BCUT2D eigenvalue weighted by Crippen LogP contribution is -2.24. The van der Waals surface area contributed by atoms with E-state index >= 15 is 0 Å². The van der Waals surface area contributed by atoms with Gasteiger partial charge in [0, 0.05) is 43.8 Å². The lowest BCUT2D eigenvalue weighted by Gasteiger charge is -2.19. The van der Waals surface area contributed by atoms with Crippen LogP contribution in [0.4, 0.5) is 0 Å². The molecule has 35 heavy (non-hydrogen) atoms. The Morgan fingerprint density at radius 3 is 2.37 bits per heavy atom. The fourth-order valence-electron chi connectivity index (χ4n) is 3.96. The molecule has 3 aromatic rings. The minimum Gasteiger partial charge on any atom is -0.491 e. The van der Waals surface area contributed by atoms with Crippen molar-refractivity contribution in [3.8, 4) is 22.6 Å². The van der Waals surface area contributed by atoms with Crippen LogP contribution in [0, 0.1) is 0 Å². The highest BCUT2D eigenvalue weighted by Gasteiger charge is 2.19. The smallest absolute Gasteiger partial charge is 0.209 e. The molecule has 0 N–H and O–H groups in total. The van der Waals surface area contributed by atoms with Crippen LogP contribution >= 0.6 is 0 Å². The number of carbonyl (C=O) groups excluding carboxylic acids is 1. The second-order valence-electron chi connectivity index (χ2n) is 9.30. The molecular formula is C29H38N2O4. The van der Waals surface area contributed by atoms with E-state index in [4.69, 9.17) is 14.2 Å². The van der Waals surface area contributed by atoms with Crippen molar-refractivity contribution in [3.63, 3.8) is 0 Å². The maximum atomic E-state index is 11.1. The van der Waals surface area contributed by atoms with Gasteiger partial charge in [0.1, 0.15) is 17.6 Å². The molecule has 0 saturated carbocycles. The van der Waals surface area contributed by atoms with Crippen molar-refractivity contribution in [2.75, 3.05) is 20.2 Å². The Kier molecular flexibility index (Phi) is 9.91. The SMILES string of the molecule is CC(C)Oc1ccc(-c2cccc3c(OC4CCCN(C=O)CC4)ccnc23)cc1.COC(C)C. The number of hydrogen-bond acceptors (Lipinski definition) is 5. The Labute approximate surface area is 209 Å². The third-order valence-electron chi connectivity index (χ3n) is 5.89. The first-order valence-electron chi connectivity index (χ1n) is 12.4. The molecule has 0 radical (unpaired) electrons. The lowest BCUT2D eigenvalue weighted by atomic mass is 10.0. The minimum absolute atomic E-state index is 0.108. The largest absolute Gasteiger partial charge is 0.491 e. The van der Waals surface area contributed by atoms with Gasteiger partial charge in [0.25, 0.3) is 0 Å². The summed E-state index contributed by atoms with van der Waals surface area (Å²) in [5, 5.41) is 1.01. The van der Waals surface area contributed by atoms with E-state index in [1.807, 2.05) is 63.1 Å². The van der Waals surface area contributed by atoms with Crippen LogP contribution in [-0.2, 0) is 9.53 Å². The number of nitrogens with zero attached hydrogens (tertiary/aromatic N) is 2. The number of fused-ring (bicyclic) bond motifs is 1. The molecule has 2 heterocycles. The predicted molar refractivity (Wildman–Crippen MR) is 141 cm³/mol. The molecule has 2 aromatic carbocycles.